The minimum atomic E-state index is -3.75. The van der Waals surface area contributed by atoms with Crippen molar-refractivity contribution >= 4 is 37.8 Å². The molecule has 9 heteroatoms. The summed E-state index contributed by atoms with van der Waals surface area (Å²) in [6.45, 7) is 8.74. The number of benzene rings is 1. The Bertz CT molecular complexity index is 762. The van der Waals surface area contributed by atoms with Crippen molar-refractivity contribution in [3.05, 3.63) is 28.2 Å². The van der Waals surface area contributed by atoms with Gasteiger partial charge in [-0.15, -0.1) is 0 Å². The van der Waals surface area contributed by atoms with Crippen LogP contribution >= 0.6 is 15.9 Å². The molecule has 0 saturated carbocycles. The van der Waals surface area contributed by atoms with Gasteiger partial charge in [-0.1, -0.05) is 13.8 Å². The van der Waals surface area contributed by atoms with Gasteiger partial charge in [-0.25, -0.2) is 17.9 Å². The third-order valence-corrected chi connectivity index (χ3v) is 5.93. The van der Waals surface area contributed by atoms with Gasteiger partial charge in [0.15, 0.2) is 6.61 Å². The number of esters is 1. The SMILES string of the molecule is CC(C)NS(=O)(=O)c1ccc(Br)c(C(=O)OCC(=O)N[C@@H](C)C(C)C)c1. The van der Waals surface area contributed by atoms with Gasteiger partial charge < -0.3 is 10.1 Å². The van der Waals surface area contributed by atoms with E-state index in [-0.39, 0.29) is 28.5 Å². The second-order valence-corrected chi connectivity index (χ2v) is 9.16. The molecule has 0 unspecified atom stereocenters. The third-order valence-electron chi connectivity index (χ3n) is 3.58. The Morgan fingerprint density at radius 2 is 1.77 bits per heavy atom. The average Bonchev–Trinajstić information content (AvgIpc) is 2.51. The zero-order valence-electron chi connectivity index (χ0n) is 15.5. The normalized spacial score (nSPS) is 12.9. The topological polar surface area (TPSA) is 102 Å². The molecule has 1 rings (SSSR count). The van der Waals surface area contributed by atoms with Crippen molar-refractivity contribution in [1.82, 2.24) is 10.0 Å². The smallest absolute Gasteiger partial charge is 0.339 e. The number of rotatable bonds is 8. The maximum Gasteiger partial charge on any atom is 0.339 e. The van der Waals surface area contributed by atoms with Crippen molar-refractivity contribution in [3.8, 4) is 0 Å². The highest BCUT2D eigenvalue weighted by atomic mass is 79.9. The van der Waals surface area contributed by atoms with Crippen LogP contribution < -0.4 is 10.0 Å². The van der Waals surface area contributed by atoms with Crippen LogP contribution in [0.15, 0.2) is 27.6 Å². The van der Waals surface area contributed by atoms with E-state index in [1.165, 1.54) is 18.2 Å². The van der Waals surface area contributed by atoms with E-state index in [0.717, 1.165) is 0 Å². The first-order chi connectivity index (χ1) is 11.9. The summed E-state index contributed by atoms with van der Waals surface area (Å²) in [4.78, 5) is 24.0. The van der Waals surface area contributed by atoms with Crippen molar-refractivity contribution in [3.63, 3.8) is 0 Å². The number of nitrogens with one attached hydrogen (secondary N) is 2. The first-order valence-corrected chi connectivity index (χ1v) is 10.5. The van der Waals surface area contributed by atoms with Crippen molar-refractivity contribution in [2.45, 2.75) is 51.6 Å². The molecule has 26 heavy (non-hydrogen) atoms. The molecule has 1 aromatic carbocycles. The fourth-order valence-electron chi connectivity index (χ4n) is 1.88. The summed E-state index contributed by atoms with van der Waals surface area (Å²) < 4.78 is 32.3. The van der Waals surface area contributed by atoms with E-state index in [1.54, 1.807) is 13.8 Å². The van der Waals surface area contributed by atoms with Crippen LogP contribution in [0, 0.1) is 5.92 Å². The highest BCUT2D eigenvalue weighted by Crippen LogP contribution is 2.22. The summed E-state index contributed by atoms with van der Waals surface area (Å²) >= 11 is 3.20. The summed E-state index contributed by atoms with van der Waals surface area (Å²) in [5, 5.41) is 2.72. The van der Waals surface area contributed by atoms with Gasteiger partial charge in [0.05, 0.1) is 10.5 Å². The number of sulfonamides is 1. The molecule has 0 aliphatic rings. The third kappa shape index (κ3) is 6.69. The van der Waals surface area contributed by atoms with E-state index in [0.29, 0.717) is 4.47 Å². The van der Waals surface area contributed by atoms with Crippen molar-refractivity contribution in [2.24, 2.45) is 5.92 Å². The van der Waals surface area contributed by atoms with E-state index < -0.39 is 28.5 Å². The van der Waals surface area contributed by atoms with Gasteiger partial charge in [0.2, 0.25) is 10.0 Å². The van der Waals surface area contributed by atoms with E-state index in [1.807, 2.05) is 20.8 Å². The molecule has 1 aromatic rings. The summed E-state index contributed by atoms with van der Waals surface area (Å²) in [5.41, 5.74) is 0.0290. The van der Waals surface area contributed by atoms with E-state index in [2.05, 4.69) is 26.0 Å². The molecule has 0 fully saturated rings. The quantitative estimate of drug-likeness (QED) is 0.594. The van der Waals surface area contributed by atoms with Gasteiger partial charge in [-0.3, -0.25) is 4.79 Å². The summed E-state index contributed by atoms with van der Waals surface area (Å²) in [6, 6.07) is 3.70. The largest absolute Gasteiger partial charge is 0.452 e. The van der Waals surface area contributed by atoms with Crippen LogP contribution in [-0.2, 0) is 19.6 Å². The Labute approximate surface area is 163 Å². The molecule has 7 nitrogen and oxygen atoms in total. The predicted octanol–water partition coefficient (Wildman–Crippen LogP) is 2.45. The molecule has 0 radical (unpaired) electrons. The molecule has 0 aromatic heterocycles. The van der Waals surface area contributed by atoms with Crippen LogP contribution in [0.5, 0.6) is 0 Å². The van der Waals surface area contributed by atoms with E-state index in [9.17, 15) is 18.0 Å². The Hall–Kier alpha value is -1.45. The Morgan fingerprint density at radius 3 is 2.31 bits per heavy atom. The highest BCUT2D eigenvalue weighted by molar-refractivity contribution is 9.10. The Morgan fingerprint density at radius 1 is 1.15 bits per heavy atom. The number of amides is 1. The average molecular weight is 449 g/mol. The van der Waals surface area contributed by atoms with E-state index in [4.69, 9.17) is 4.74 Å². The number of ether oxygens (including phenoxy) is 1. The van der Waals surface area contributed by atoms with Crippen LogP contribution in [-0.4, -0.2) is 39.0 Å². The number of hydrogen-bond donors (Lipinski definition) is 2. The maximum atomic E-state index is 12.2. The molecule has 0 aliphatic carbocycles. The number of halogens is 1. The Balaban J connectivity index is 2.87. The minimum absolute atomic E-state index is 0.0290. The second kappa shape index (κ2) is 9.48. The van der Waals surface area contributed by atoms with Gasteiger partial charge in [0, 0.05) is 16.6 Å². The zero-order valence-corrected chi connectivity index (χ0v) is 17.9. The monoisotopic (exact) mass is 448 g/mol. The summed E-state index contributed by atoms with van der Waals surface area (Å²) in [5.74, 6) is -0.953. The Kier molecular flexibility index (Phi) is 8.23. The van der Waals surface area contributed by atoms with Crippen LogP contribution in [0.3, 0.4) is 0 Å². The first-order valence-electron chi connectivity index (χ1n) is 8.22. The van der Waals surface area contributed by atoms with Gasteiger partial charge in [0.1, 0.15) is 0 Å². The number of hydrogen-bond acceptors (Lipinski definition) is 5. The standard InChI is InChI=1S/C17H25BrN2O5S/c1-10(2)12(5)19-16(21)9-25-17(22)14-8-13(6-7-15(14)18)26(23,24)20-11(3)4/h6-8,10-12,20H,9H2,1-5H3,(H,19,21)/t12-/m0/s1. The van der Waals surface area contributed by atoms with Crippen LogP contribution in [0.2, 0.25) is 0 Å². The molecule has 0 aliphatic heterocycles. The highest BCUT2D eigenvalue weighted by Gasteiger charge is 2.21. The molecule has 1 atom stereocenters. The lowest BCUT2D eigenvalue weighted by Crippen LogP contribution is -2.38. The molecular formula is C17H25BrN2O5S. The first kappa shape index (κ1) is 22.6. The summed E-state index contributed by atoms with van der Waals surface area (Å²) in [7, 11) is -3.75. The lowest BCUT2D eigenvalue weighted by Gasteiger charge is -2.17. The molecule has 0 bridgehead atoms. The molecule has 1 amide bonds. The van der Waals surface area contributed by atoms with Gasteiger partial charge >= 0.3 is 5.97 Å². The maximum absolute atomic E-state index is 12.2. The summed E-state index contributed by atoms with van der Waals surface area (Å²) in [6.07, 6.45) is 0. The molecule has 146 valence electrons. The predicted molar refractivity (Wildman–Crippen MR) is 102 cm³/mol. The van der Waals surface area contributed by atoms with E-state index >= 15 is 0 Å². The van der Waals surface area contributed by atoms with Crippen LogP contribution in [0.4, 0.5) is 0 Å². The van der Waals surface area contributed by atoms with Crippen molar-refractivity contribution in [2.75, 3.05) is 6.61 Å². The van der Waals surface area contributed by atoms with Crippen molar-refractivity contribution in [1.29, 1.82) is 0 Å². The zero-order chi connectivity index (χ0) is 20.1. The lowest BCUT2D eigenvalue weighted by atomic mass is 10.1. The molecule has 0 spiro atoms. The second-order valence-electron chi connectivity index (χ2n) is 6.59. The fraction of sp³-hybridized carbons (Fsp3) is 0.529. The molecular weight excluding hydrogens is 424 g/mol. The molecule has 0 saturated heterocycles. The van der Waals surface area contributed by atoms with Crippen LogP contribution in [0.1, 0.15) is 45.0 Å². The van der Waals surface area contributed by atoms with Crippen LogP contribution in [0.25, 0.3) is 0 Å². The molecule has 0 heterocycles. The minimum Gasteiger partial charge on any atom is -0.452 e. The van der Waals surface area contributed by atoms with Gasteiger partial charge in [-0.05, 0) is 60.8 Å². The fourth-order valence-corrected chi connectivity index (χ4v) is 3.56. The number of carbonyl (C=O) groups is 2. The van der Waals surface area contributed by atoms with Gasteiger partial charge in [-0.2, -0.15) is 0 Å². The van der Waals surface area contributed by atoms with Crippen molar-refractivity contribution < 1.29 is 22.7 Å². The number of carbonyl (C=O) groups excluding carboxylic acids is 2. The lowest BCUT2D eigenvalue weighted by molar-refractivity contribution is -0.125. The molecule has 2 N–H and O–H groups in total. The van der Waals surface area contributed by atoms with Gasteiger partial charge in [0.25, 0.3) is 5.91 Å².